The molecular formula is C18H16N2OS. The lowest BCUT2D eigenvalue weighted by atomic mass is 10.1. The summed E-state index contributed by atoms with van der Waals surface area (Å²) in [6.07, 6.45) is 0. The summed E-state index contributed by atoms with van der Waals surface area (Å²) in [4.78, 5) is 13.0. The second kappa shape index (κ2) is 6.54. The maximum atomic E-state index is 12.0. The first-order valence-corrected chi connectivity index (χ1v) is 7.96. The fourth-order valence-electron chi connectivity index (χ4n) is 2.22. The molecule has 0 fully saturated rings. The fourth-order valence-corrected chi connectivity index (χ4v) is 2.98. The summed E-state index contributed by atoms with van der Waals surface area (Å²) in [5.74, 6) is 0.332. The van der Waals surface area contributed by atoms with Crippen molar-refractivity contribution in [1.29, 1.82) is 0 Å². The van der Waals surface area contributed by atoms with Gasteiger partial charge in [-0.15, -0.1) is 11.8 Å². The number of benzene rings is 3. The van der Waals surface area contributed by atoms with Crippen LogP contribution in [0.1, 0.15) is 0 Å². The van der Waals surface area contributed by atoms with E-state index in [0.29, 0.717) is 11.4 Å². The first-order valence-electron chi connectivity index (χ1n) is 6.98. The zero-order valence-electron chi connectivity index (χ0n) is 12.0. The number of nitrogens with two attached hydrogens (primary N) is 1. The van der Waals surface area contributed by atoms with E-state index in [1.807, 2.05) is 60.7 Å². The van der Waals surface area contributed by atoms with Crippen molar-refractivity contribution in [3.63, 3.8) is 0 Å². The van der Waals surface area contributed by atoms with Crippen molar-refractivity contribution in [2.24, 2.45) is 0 Å². The number of nitrogens with one attached hydrogen (secondary N) is 1. The summed E-state index contributed by atoms with van der Waals surface area (Å²) < 4.78 is 0. The van der Waals surface area contributed by atoms with E-state index >= 15 is 0 Å². The van der Waals surface area contributed by atoms with Crippen LogP contribution in [-0.4, -0.2) is 11.7 Å². The molecule has 0 heterocycles. The van der Waals surface area contributed by atoms with Gasteiger partial charge in [-0.05, 0) is 41.1 Å². The average molecular weight is 308 g/mol. The van der Waals surface area contributed by atoms with Gasteiger partial charge in [0.25, 0.3) is 0 Å². The molecule has 0 aliphatic rings. The predicted molar refractivity (Wildman–Crippen MR) is 94.2 cm³/mol. The maximum Gasteiger partial charge on any atom is 0.234 e. The molecule has 4 heteroatoms. The molecule has 0 radical (unpaired) electrons. The van der Waals surface area contributed by atoms with Gasteiger partial charge in [-0.25, -0.2) is 0 Å². The molecule has 22 heavy (non-hydrogen) atoms. The zero-order valence-corrected chi connectivity index (χ0v) is 12.8. The van der Waals surface area contributed by atoms with Crippen LogP contribution in [0.3, 0.4) is 0 Å². The van der Waals surface area contributed by atoms with Crippen LogP contribution in [0.15, 0.2) is 71.6 Å². The van der Waals surface area contributed by atoms with Gasteiger partial charge in [0.2, 0.25) is 5.91 Å². The van der Waals surface area contributed by atoms with Crippen molar-refractivity contribution < 1.29 is 4.79 Å². The van der Waals surface area contributed by atoms with Crippen molar-refractivity contribution in [3.05, 3.63) is 66.7 Å². The van der Waals surface area contributed by atoms with Crippen LogP contribution in [0.25, 0.3) is 10.8 Å². The summed E-state index contributed by atoms with van der Waals surface area (Å²) in [6, 6.07) is 21.5. The highest BCUT2D eigenvalue weighted by atomic mass is 32.2. The Labute approximate surface area is 133 Å². The van der Waals surface area contributed by atoms with Gasteiger partial charge < -0.3 is 11.1 Å². The molecule has 110 valence electrons. The van der Waals surface area contributed by atoms with E-state index in [1.54, 1.807) is 0 Å². The first-order chi connectivity index (χ1) is 10.7. The summed E-state index contributed by atoms with van der Waals surface area (Å²) >= 11 is 1.47. The van der Waals surface area contributed by atoms with Gasteiger partial charge in [0.1, 0.15) is 0 Å². The van der Waals surface area contributed by atoms with Crippen molar-refractivity contribution in [1.82, 2.24) is 0 Å². The molecule has 0 aliphatic heterocycles. The lowest BCUT2D eigenvalue weighted by molar-refractivity contribution is -0.113. The molecule has 0 bridgehead atoms. The molecule has 0 spiro atoms. The minimum absolute atomic E-state index is 0.0253. The van der Waals surface area contributed by atoms with E-state index in [-0.39, 0.29) is 5.91 Å². The van der Waals surface area contributed by atoms with Crippen LogP contribution in [0.5, 0.6) is 0 Å². The number of fused-ring (bicyclic) bond motifs is 1. The quantitative estimate of drug-likeness (QED) is 0.562. The molecule has 3 aromatic carbocycles. The Balaban J connectivity index is 1.63. The Hall–Kier alpha value is -2.46. The molecule has 0 aliphatic carbocycles. The standard InChI is InChI=1S/C18H16N2OS/c19-15-6-3-7-17(11-15)22-12-18(21)20-16-9-8-13-4-1-2-5-14(13)10-16/h1-11H,12,19H2,(H,20,21). The van der Waals surface area contributed by atoms with E-state index in [0.717, 1.165) is 21.4 Å². The summed E-state index contributed by atoms with van der Waals surface area (Å²) in [5.41, 5.74) is 7.25. The predicted octanol–water partition coefficient (Wildman–Crippen LogP) is 4.15. The molecule has 3 aromatic rings. The lowest BCUT2D eigenvalue weighted by Crippen LogP contribution is -2.13. The smallest absolute Gasteiger partial charge is 0.234 e. The Morgan fingerprint density at radius 2 is 1.77 bits per heavy atom. The number of carbonyl (C=O) groups is 1. The maximum absolute atomic E-state index is 12.0. The van der Waals surface area contributed by atoms with E-state index < -0.39 is 0 Å². The van der Waals surface area contributed by atoms with Crippen LogP contribution in [-0.2, 0) is 4.79 Å². The Bertz CT molecular complexity index is 817. The van der Waals surface area contributed by atoms with Crippen LogP contribution in [0.4, 0.5) is 11.4 Å². The van der Waals surface area contributed by atoms with E-state index in [4.69, 9.17) is 5.73 Å². The molecule has 0 unspecified atom stereocenters. The van der Waals surface area contributed by atoms with Gasteiger partial charge >= 0.3 is 0 Å². The molecule has 0 atom stereocenters. The third-order valence-electron chi connectivity index (χ3n) is 3.26. The molecule has 0 saturated heterocycles. The normalized spacial score (nSPS) is 10.5. The fraction of sp³-hybridized carbons (Fsp3) is 0.0556. The second-order valence-corrected chi connectivity index (χ2v) is 6.02. The Morgan fingerprint density at radius 1 is 0.955 bits per heavy atom. The van der Waals surface area contributed by atoms with E-state index in [9.17, 15) is 4.79 Å². The lowest BCUT2D eigenvalue weighted by Gasteiger charge is -2.07. The number of nitrogen functional groups attached to an aromatic ring is 1. The molecule has 3 nitrogen and oxygen atoms in total. The topological polar surface area (TPSA) is 55.1 Å². The zero-order chi connectivity index (χ0) is 15.4. The minimum Gasteiger partial charge on any atom is -0.399 e. The number of thioether (sulfide) groups is 1. The highest BCUT2D eigenvalue weighted by Gasteiger charge is 2.04. The van der Waals surface area contributed by atoms with Gasteiger partial charge in [-0.3, -0.25) is 4.79 Å². The number of anilines is 2. The molecular weight excluding hydrogens is 292 g/mol. The largest absolute Gasteiger partial charge is 0.399 e. The van der Waals surface area contributed by atoms with Gasteiger partial charge in [0, 0.05) is 16.3 Å². The molecule has 0 saturated carbocycles. The van der Waals surface area contributed by atoms with Gasteiger partial charge in [-0.2, -0.15) is 0 Å². The van der Waals surface area contributed by atoms with Crippen LogP contribution in [0, 0.1) is 0 Å². The van der Waals surface area contributed by atoms with Crippen molar-refractivity contribution >= 4 is 39.8 Å². The highest BCUT2D eigenvalue weighted by Crippen LogP contribution is 2.22. The molecule has 0 aromatic heterocycles. The first kappa shape index (κ1) is 14.5. The van der Waals surface area contributed by atoms with Crippen molar-refractivity contribution in [2.75, 3.05) is 16.8 Å². The third-order valence-corrected chi connectivity index (χ3v) is 4.26. The Morgan fingerprint density at radius 3 is 2.59 bits per heavy atom. The number of amides is 1. The number of hydrogen-bond donors (Lipinski definition) is 2. The average Bonchev–Trinajstić information content (AvgIpc) is 2.53. The van der Waals surface area contributed by atoms with Crippen molar-refractivity contribution in [2.45, 2.75) is 4.90 Å². The third kappa shape index (κ3) is 3.59. The van der Waals surface area contributed by atoms with E-state index in [2.05, 4.69) is 11.4 Å². The highest BCUT2D eigenvalue weighted by molar-refractivity contribution is 8.00. The molecule has 3 rings (SSSR count). The SMILES string of the molecule is Nc1cccc(SCC(=O)Nc2ccc3ccccc3c2)c1. The number of hydrogen-bond acceptors (Lipinski definition) is 3. The van der Waals surface area contributed by atoms with E-state index in [1.165, 1.54) is 11.8 Å². The van der Waals surface area contributed by atoms with Crippen LogP contribution < -0.4 is 11.1 Å². The summed E-state index contributed by atoms with van der Waals surface area (Å²) in [7, 11) is 0. The molecule has 3 N–H and O–H groups in total. The van der Waals surface area contributed by atoms with Crippen LogP contribution >= 0.6 is 11.8 Å². The summed E-state index contributed by atoms with van der Waals surface area (Å²) in [5, 5.41) is 5.20. The number of rotatable bonds is 4. The van der Waals surface area contributed by atoms with Gasteiger partial charge in [-0.1, -0.05) is 36.4 Å². The number of carbonyl (C=O) groups excluding carboxylic acids is 1. The molecule has 1 amide bonds. The Kier molecular flexibility index (Phi) is 4.30. The second-order valence-electron chi connectivity index (χ2n) is 4.97. The monoisotopic (exact) mass is 308 g/mol. The minimum atomic E-state index is -0.0253. The van der Waals surface area contributed by atoms with Gasteiger partial charge in [0.05, 0.1) is 5.75 Å². The van der Waals surface area contributed by atoms with Crippen LogP contribution in [0.2, 0.25) is 0 Å². The summed E-state index contributed by atoms with van der Waals surface area (Å²) in [6.45, 7) is 0. The van der Waals surface area contributed by atoms with Crippen molar-refractivity contribution in [3.8, 4) is 0 Å². The van der Waals surface area contributed by atoms with Gasteiger partial charge in [0.15, 0.2) is 0 Å².